The Morgan fingerprint density at radius 1 is 1.56 bits per heavy atom. The fourth-order valence-corrected chi connectivity index (χ4v) is 3.41. The first-order valence-electron chi connectivity index (χ1n) is 4.99. The van der Waals surface area contributed by atoms with Gasteiger partial charge in [0, 0.05) is 5.38 Å². The second kappa shape index (κ2) is 6.47. The first kappa shape index (κ1) is 13.8. The molecule has 1 unspecified atom stereocenters. The third-order valence-corrected chi connectivity index (χ3v) is 4.45. The predicted molar refractivity (Wildman–Crippen MR) is 61.6 cm³/mol. The van der Waals surface area contributed by atoms with Crippen molar-refractivity contribution in [3.05, 3.63) is 16.6 Å². The van der Waals surface area contributed by atoms with Gasteiger partial charge >= 0.3 is 7.60 Å². The summed E-state index contributed by atoms with van der Waals surface area (Å²) in [6.45, 7) is 4.03. The molecule has 0 fully saturated rings. The van der Waals surface area contributed by atoms with E-state index in [9.17, 15) is 9.67 Å². The van der Waals surface area contributed by atoms with E-state index in [2.05, 4.69) is 10.5 Å². The lowest BCUT2D eigenvalue weighted by atomic mass is 10.3. The highest BCUT2D eigenvalue weighted by molar-refractivity contribution is 7.53. The number of hydrogen-bond acceptors (Lipinski definition) is 6. The Morgan fingerprint density at radius 2 is 2.19 bits per heavy atom. The Bertz CT molecular complexity index is 333. The zero-order chi connectivity index (χ0) is 12.0. The van der Waals surface area contributed by atoms with Crippen molar-refractivity contribution in [1.29, 1.82) is 0 Å². The Hall–Kier alpha value is -0.260. The number of rotatable bonds is 7. The third-order valence-electron chi connectivity index (χ3n) is 1.80. The Labute approximate surface area is 99.0 Å². The molecule has 0 saturated heterocycles. The van der Waals surface area contributed by atoms with Crippen LogP contribution in [0.3, 0.4) is 0 Å². The maximum Gasteiger partial charge on any atom is 0.333 e. The molecular weight excluding hydrogens is 249 g/mol. The van der Waals surface area contributed by atoms with Crippen molar-refractivity contribution < 1.29 is 18.7 Å². The van der Waals surface area contributed by atoms with Crippen LogP contribution in [-0.2, 0) is 13.6 Å². The van der Waals surface area contributed by atoms with Gasteiger partial charge in [-0.15, -0.1) is 11.3 Å². The number of aromatic nitrogens is 1. The summed E-state index contributed by atoms with van der Waals surface area (Å²) in [5.74, 6) is 0. The van der Waals surface area contributed by atoms with Gasteiger partial charge in [0.15, 0.2) is 5.51 Å². The van der Waals surface area contributed by atoms with Crippen LogP contribution in [0.25, 0.3) is 0 Å². The number of nitrogens with zero attached hydrogens (tertiary/aromatic N) is 1. The first-order chi connectivity index (χ1) is 7.61. The van der Waals surface area contributed by atoms with Crippen LogP contribution in [0.4, 0.5) is 0 Å². The fraction of sp³-hybridized carbons (Fsp3) is 0.667. The van der Waals surface area contributed by atoms with Crippen molar-refractivity contribution in [2.75, 3.05) is 19.4 Å². The zero-order valence-corrected chi connectivity index (χ0v) is 11.0. The zero-order valence-electron chi connectivity index (χ0n) is 9.25. The van der Waals surface area contributed by atoms with E-state index in [1.54, 1.807) is 19.2 Å². The summed E-state index contributed by atoms with van der Waals surface area (Å²) in [6.07, 6.45) is -1.02. The largest absolute Gasteiger partial charge is 0.386 e. The van der Waals surface area contributed by atoms with Crippen LogP contribution in [0.2, 0.25) is 0 Å². The van der Waals surface area contributed by atoms with E-state index in [0.29, 0.717) is 5.69 Å². The SMILES string of the molecule is CCOP(=O)(CC(O)c1cs[c]n1)OCC. The quantitative estimate of drug-likeness (QED) is 0.765. The van der Waals surface area contributed by atoms with Gasteiger partial charge in [-0.1, -0.05) is 0 Å². The average Bonchev–Trinajstić information content (AvgIpc) is 2.70. The normalized spacial score (nSPS) is 13.9. The molecule has 5 nitrogen and oxygen atoms in total. The topological polar surface area (TPSA) is 68.7 Å². The van der Waals surface area contributed by atoms with Gasteiger partial charge in [-0.05, 0) is 13.8 Å². The lowest BCUT2D eigenvalue weighted by Gasteiger charge is -2.19. The third kappa shape index (κ3) is 3.96. The van der Waals surface area contributed by atoms with Gasteiger partial charge in [-0.2, -0.15) is 0 Å². The minimum Gasteiger partial charge on any atom is -0.386 e. The predicted octanol–water partition coefficient (Wildman–Crippen LogP) is 2.24. The number of aliphatic hydroxyl groups excluding tert-OH is 1. The van der Waals surface area contributed by atoms with Crippen LogP contribution >= 0.6 is 18.9 Å². The monoisotopic (exact) mass is 264 g/mol. The van der Waals surface area contributed by atoms with Crippen molar-refractivity contribution in [2.24, 2.45) is 0 Å². The molecule has 16 heavy (non-hydrogen) atoms. The molecule has 1 heterocycles. The molecule has 1 aromatic rings. The smallest absolute Gasteiger partial charge is 0.333 e. The van der Waals surface area contributed by atoms with Gasteiger partial charge in [0.25, 0.3) is 0 Å². The highest BCUT2D eigenvalue weighted by atomic mass is 32.1. The summed E-state index contributed by atoms with van der Waals surface area (Å²) in [7, 11) is -3.22. The average molecular weight is 264 g/mol. The summed E-state index contributed by atoms with van der Waals surface area (Å²) in [6, 6.07) is 0. The summed E-state index contributed by atoms with van der Waals surface area (Å²) in [5.41, 5.74) is 3.07. The molecule has 91 valence electrons. The molecule has 0 bridgehead atoms. The molecule has 1 N–H and O–H groups in total. The highest BCUT2D eigenvalue weighted by Gasteiger charge is 2.29. The molecule has 0 aromatic carbocycles. The lowest BCUT2D eigenvalue weighted by molar-refractivity contribution is 0.168. The summed E-state index contributed by atoms with van der Waals surface area (Å²) in [5, 5.41) is 11.4. The molecule has 1 aromatic heterocycles. The Kier molecular flexibility index (Phi) is 5.58. The Balaban J connectivity index is 2.64. The second-order valence-corrected chi connectivity index (χ2v) is 5.77. The molecule has 0 aliphatic carbocycles. The second-order valence-electron chi connectivity index (χ2n) is 3.01. The van der Waals surface area contributed by atoms with Gasteiger partial charge < -0.3 is 14.2 Å². The fourth-order valence-electron chi connectivity index (χ4n) is 1.19. The molecule has 0 amide bonds. The molecule has 7 heteroatoms. The van der Waals surface area contributed by atoms with Crippen LogP contribution in [0.1, 0.15) is 25.6 Å². The lowest BCUT2D eigenvalue weighted by Crippen LogP contribution is -2.09. The number of hydrogen-bond donors (Lipinski definition) is 1. The van der Waals surface area contributed by atoms with Gasteiger partial charge in [0.2, 0.25) is 0 Å². The minimum absolute atomic E-state index is 0.0771. The van der Waals surface area contributed by atoms with Crippen LogP contribution in [0.15, 0.2) is 5.38 Å². The van der Waals surface area contributed by atoms with Gasteiger partial charge in [0.05, 0.1) is 25.1 Å². The van der Waals surface area contributed by atoms with E-state index in [-0.39, 0.29) is 19.4 Å². The number of thiazole rings is 1. The molecule has 0 spiro atoms. The van der Waals surface area contributed by atoms with Crippen molar-refractivity contribution in [3.8, 4) is 0 Å². The van der Waals surface area contributed by atoms with E-state index in [4.69, 9.17) is 9.05 Å². The molecule has 1 rings (SSSR count). The van der Waals surface area contributed by atoms with Gasteiger partial charge in [-0.25, -0.2) is 4.98 Å². The Morgan fingerprint density at radius 3 is 2.62 bits per heavy atom. The molecular formula is C9H15NO4PS. The van der Waals surface area contributed by atoms with E-state index in [1.165, 1.54) is 11.3 Å². The van der Waals surface area contributed by atoms with E-state index in [0.717, 1.165) is 0 Å². The molecule has 0 aliphatic heterocycles. The molecule has 1 radical (unpaired) electrons. The van der Waals surface area contributed by atoms with Gasteiger partial charge in [0.1, 0.15) is 6.10 Å². The van der Waals surface area contributed by atoms with E-state index < -0.39 is 13.7 Å². The summed E-state index contributed by atoms with van der Waals surface area (Å²) >= 11 is 1.25. The van der Waals surface area contributed by atoms with Crippen molar-refractivity contribution >= 4 is 18.9 Å². The highest BCUT2D eigenvalue weighted by Crippen LogP contribution is 2.50. The van der Waals surface area contributed by atoms with Crippen LogP contribution in [-0.4, -0.2) is 29.5 Å². The standard InChI is InChI=1S/C9H15NO4PS/c1-3-13-15(12,14-4-2)5-9(11)8-6-16-7-10-8/h6,9,11H,3-5H2,1-2H3. The molecule has 0 saturated carbocycles. The maximum atomic E-state index is 12.1. The summed E-state index contributed by atoms with van der Waals surface area (Å²) < 4.78 is 22.2. The summed E-state index contributed by atoms with van der Waals surface area (Å²) in [4.78, 5) is 3.83. The minimum atomic E-state index is -3.22. The molecule has 0 aliphatic rings. The van der Waals surface area contributed by atoms with E-state index in [1.807, 2.05) is 0 Å². The van der Waals surface area contributed by atoms with Crippen molar-refractivity contribution in [2.45, 2.75) is 20.0 Å². The van der Waals surface area contributed by atoms with Gasteiger partial charge in [-0.3, -0.25) is 4.57 Å². The maximum absolute atomic E-state index is 12.1. The van der Waals surface area contributed by atoms with E-state index >= 15 is 0 Å². The van der Waals surface area contributed by atoms with Crippen LogP contribution < -0.4 is 0 Å². The van der Waals surface area contributed by atoms with Crippen LogP contribution in [0, 0.1) is 5.51 Å². The van der Waals surface area contributed by atoms with Crippen molar-refractivity contribution in [3.63, 3.8) is 0 Å². The first-order valence-corrected chi connectivity index (χ1v) is 7.59. The molecule has 1 atom stereocenters. The number of aliphatic hydroxyl groups is 1. The van der Waals surface area contributed by atoms with Crippen LogP contribution in [0.5, 0.6) is 0 Å². The van der Waals surface area contributed by atoms with Crippen molar-refractivity contribution in [1.82, 2.24) is 4.98 Å².